The summed E-state index contributed by atoms with van der Waals surface area (Å²) in [7, 11) is 0. The van der Waals surface area contributed by atoms with Crippen LogP contribution in [0.1, 0.15) is 12.5 Å². The van der Waals surface area contributed by atoms with Gasteiger partial charge in [-0.05, 0) is 48.0 Å². The zero-order valence-electron chi connectivity index (χ0n) is 15.5. The van der Waals surface area contributed by atoms with Crippen LogP contribution in [0.4, 0.5) is 17.1 Å². The van der Waals surface area contributed by atoms with Crippen LogP contribution in [0.3, 0.4) is 0 Å². The highest BCUT2D eigenvalue weighted by molar-refractivity contribution is 6.39. The summed E-state index contributed by atoms with van der Waals surface area (Å²) in [6.07, 6.45) is 0.0543. The molecule has 0 spiro atoms. The topological polar surface area (TPSA) is 67.4 Å². The Morgan fingerprint density at radius 1 is 0.897 bits per heavy atom. The largest absolute Gasteiger partial charge is 0.426 e. The van der Waals surface area contributed by atoms with Crippen LogP contribution in [0.25, 0.3) is 0 Å². The zero-order chi connectivity index (χ0) is 20.8. The lowest BCUT2D eigenvalue weighted by molar-refractivity contribution is -0.133. The molecule has 3 aromatic carbocycles. The van der Waals surface area contributed by atoms with Gasteiger partial charge < -0.3 is 15.4 Å². The summed E-state index contributed by atoms with van der Waals surface area (Å²) in [5.74, 6) is -0.196. The molecule has 0 aliphatic carbocycles. The minimum absolute atomic E-state index is 0.0543. The van der Waals surface area contributed by atoms with Crippen LogP contribution in [0.2, 0.25) is 10.0 Å². The Kier molecular flexibility index (Phi) is 6.75. The van der Waals surface area contributed by atoms with E-state index in [1.165, 1.54) is 6.92 Å². The molecule has 148 valence electrons. The van der Waals surface area contributed by atoms with Gasteiger partial charge in [0.1, 0.15) is 5.75 Å². The van der Waals surface area contributed by atoms with Gasteiger partial charge in [0, 0.05) is 18.3 Å². The van der Waals surface area contributed by atoms with Crippen LogP contribution < -0.4 is 15.4 Å². The van der Waals surface area contributed by atoms with Crippen molar-refractivity contribution in [2.75, 3.05) is 10.6 Å². The predicted octanol–water partition coefficient (Wildman–Crippen LogP) is 5.84. The number of carbonyl (C=O) groups excluding carboxylic acids is 2. The highest BCUT2D eigenvalue weighted by Gasteiger charge is 2.13. The second-order valence-corrected chi connectivity index (χ2v) is 7.05. The lowest BCUT2D eigenvalue weighted by atomic mass is 10.1. The first-order valence-corrected chi connectivity index (χ1v) is 9.55. The summed E-state index contributed by atoms with van der Waals surface area (Å²) >= 11 is 12.4. The Hall–Kier alpha value is -3.02. The van der Waals surface area contributed by atoms with Crippen molar-refractivity contribution in [2.24, 2.45) is 0 Å². The van der Waals surface area contributed by atoms with Gasteiger partial charge in [-0.2, -0.15) is 0 Å². The SMILES string of the molecule is CC(=O)Nc1ccc(OC(=O)Cc2ccccc2Nc2c(Cl)cccc2Cl)cc1. The van der Waals surface area contributed by atoms with Crippen molar-refractivity contribution in [3.05, 3.63) is 82.3 Å². The van der Waals surface area contributed by atoms with Gasteiger partial charge in [0.25, 0.3) is 0 Å². The molecule has 0 heterocycles. The molecule has 1 amide bonds. The standard InChI is InChI=1S/C22H18Cl2N2O3/c1-14(27)25-16-9-11-17(12-10-16)29-21(28)13-15-5-2-3-8-20(15)26-22-18(23)6-4-7-19(22)24/h2-12,26H,13H2,1H3,(H,25,27). The molecule has 3 aromatic rings. The van der Waals surface area contributed by atoms with E-state index in [9.17, 15) is 9.59 Å². The fourth-order valence-electron chi connectivity index (χ4n) is 2.68. The molecule has 0 aliphatic heterocycles. The molecule has 7 heteroatoms. The third kappa shape index (κ3) is 5.73. The smallest absolute Gasteiger partial charge is 0.315 e. The summed E-state index contributed by atoms with van der Waals surface area (Å²) in [6.45, 7) is 1.43. The number of hydrogen-bond donors (Lipinski definition) is 2. The number of esters is 1. The van der Waals surface area contributed by atoms with Crippen molar-refractivity contribution in [3.63, 3.8) is 0 Å². The van der Waals surface area contributed by atoms with Crippen molar-refractivity contribution in [3.8, 4) is 5.75 Å². The Labute approximate surface area is 178 Å². The highest BCUT2D eigenvalue weighted by atomic mass is 35.5. The number of nitrogens with one attached hydrogen (secondary N) is 2. The summed E-state index contributed by atoms with van der Waals surface area (Å²) in [4.78, 5) is 23.5. The summed E-state index contributed by atoms with van der Waals surface area (Å²) in [5, 5.41) is 6.81. The first-order valence-electron chi connectivity index (χ1n) is 8.79. The number of carbonyl (C=O) groups is 2. The van der Waals surface area contributed by atoms with E-state index in [1.54, 1.807) is 42.5 Å². The molecule has 5 nitrogen and oxygen atoms in total. The molecule has 0 unspecified atom stereocenters. The lowest BCUT2D eigenvalue weighted by Crippen LogP contribution is -2.12. The molecule has 0 fully saturated rings. The minimum Gasteiger partial charge on any atom is -0.426 e. The van der Waals surface area contributed by atoms with Crippen LogP contribution >= 0.6 is 23.2 Å². The third-order valence-corrected chi connectivity index (χ3v) is 4.61. The summed E-state index contributed by atoms with van der Waals surface area (Å²) in [5.41, 5.74) is 2.65. The Morgan fingerprint density at radius 2 is 1.55 bits per heavy atom. The first kappa shape index (κ1) is 20.7. The molecule has 0 radical (unpaired) electrons. The maximum atomic E-state index is 12.4. The number of hydrogen-bond acceptors (Lipinski definition) is 4. The van der Waals surface area contributed by atoms with Crippen molar-refractivity contribution < 1.29 is 14.3 Å². The summed E-state index contributed by atoms with van der Waals surface area (Å²) in [6, 6.07) is 19.2. The molecule has 0 saturated heterocycles. The zero-order valence-corrected chi connectivity index (χ0v) is 17.1. The van der Waals surface area contributed by atoms with Gasteiger partial charge in [-0.15, -0.1) is 0 Å². The fourth-order valence-corrected chi connectivity index (χ4v) is 3.17. The van der Waals surface area contributed by atoms with Gasteiger partial charge in [-0.3, -0.25) is 9.59 Å². The molecule has 2 N–H and O–H groups in total. The van der Waals surface area contributed by atoms with E-state index in [0.717, 1.165) is 5.56 Å². The second kappa shape index (κ2) is 9.45. The minimum atomic E-state index is -0.420. The van der Waals surface area contributed by atoms with Gasteiger partial charge in [-0.1, -0.05) is 47.5 Å². The quantitative estimate of drug-likeness (QED) is 0.382. The molecular formula is C22H18Cl2N2O3. The van der Waals surface area contributed by atoms with Crippen LogP contribution in [-0.2, 0) is 16.0 Å². The predicted molar refractivity (Wildman–Crippen MR) is 116 cm³/mol. The summed E-state index contributed by atoms with van der Waals surface area (Å²) < 4.78 is 5.40. The molecule has 0 bridgehead atoms. The second-order valence-electron chi connectivity index (χ2n) is 6.24. The van der Waals surface area contributed by atoms with Gasteiger partial charge in [0.15, 0.2) is 0 Å². The van der Waals surface area contributed by atoms with Crippen molar-refractivity contribution >= 4 is 52.1 Å². The maximum absolute atomic E-state index is 12.4. The Balaban J connectivity index is 1.70. The van der Waals surface area contributed by atoms with E-state index in [0.29, 0.717) is 32.9 Å². The number of para-hydroxylation sites is 2. The van der Waals surface area contributed by atoms with E-state index in [1.807, 2.05) is 24.3 Å². The molecule has 0 aliphatic rings. The monoisotopic (exact) mass is 428 g/mol. The molecule has 0 aromatic heterocycles. The lowest BCUT2D eigenvalue weighted by Gasteiger charge is -2.14. The fraction of sp³-hybridized carbons (Fsp3) is 0.0909. The van der Waals surface area contributed by atoms with E-state index in [-0.39, 0.29) is 12.3 Å². The van der Waals surface area contributed by atoms with Gasteiger partial charge in [0.05, 0.1) is 22.2 Å². The maximum Gasteiger partial charge on any atom is 0.315 e. The van der Waals surface area contributed by atoms with Crippen LogP contribution in [0.15, 0.2) is 66.7 Å². The van der Waals surface area contributed by atoms with Gasteiger partial charge in [-0.25, -0.2) is 0 Å². The van der Waals surface area contributed by atoms with Crippen molar-refractivity contribution in [1.29, 1.82) is 0 Å². The van der Waals surface area contributed by atoms with Gasteiger partial charge >= 0.3 is 5.97 Å². The molecule has 3 rings (SSSR count). The van der Waals surface area contributed by atoms with E-state index in [4.69, 9.17) is 27.9 Å². The molecule has 0 atom stereocenters. The highest BCUT2D eigenvalue weighted by Crippen LogP contribution is 2.33. The Bertz CT molecular complexity index is 1020. The van der Waals surface area contributed by atoms with Crippen LogP contribution in [0.5, 0.6) is 5.75 Å². The third-order valence-electron chi connectivity index (χ3n) is 3.98. The first-order chi connectivity index (χ1) is 13.9. The molecule has 0 saturated carbocycles. The van der Waals surface area contributed by atoms with Crippen molar-refractivity contribution in [2.45, 2.75) is 13.3 Å². The van der Waals surface area contributed by atoms with Crippen LogP contribution in [0, 0.1) is 0 Å². The van der Waals surface area contributed by atoms with E-state index in [2.05, 4.69) is 10.6 Å². The van der Waals surface area contributed by atoms with E-state index >= 15 is 0 Å². The molecule has 29 heavy (non-hydrogen) atoms. The average Bonchev–Trinajstić information content (AvgIpc) is 2.67. The normalized spacial score (nSPS) is 10.3. The molecular weight excluding hydrogens is 411 g/mol. The average molecular weight is 429 g/mol. The number of amides is 1. The van der Waals surface area contributed by atoms with E-state index < -0.39 is 5.97 Å². The van der Waals surface area contributed by atoms with Gasteiger partial charge in [0.2, 0.25) is 5.91 Å². The Morgan fingerprint density at radius 3 is 2.21 bits per heavy atom. The number of rotatable bonds is 6. The number of anilines is 3. The number of ether oxygens (including phenoxy) is 1. The number of benzene rings is 3. The van der Waals surface area contributed by atoms with Crippen molar-refractivity contribution in [1.82, 2.24) is 0 Å². The number of halogens is 2. The van der Waals surface area contributed by atoms with Crippen LogP contribution in [-0.4, -0.2) is 11.9 Å².